The summed E-state index contributed by atoms with van der Waals surface area (Å²) in [5.41, 5.74) is 1.85. The van der Waals surface area contributed by atoms with Gasteiger partial charge in [-0.25, -0.2) is 0 Å². The smallest absolute Gasteiger partial charge is 0.136 e. The molecule has 0 saturated carbocycles. The third kappa shape index (κ3) is 3.06. The maximum atomic E-state index is 9.10. The van der Waals surface area contributed by atoms with Gasteiger partial charge in [0, 0.05) is 27.7 Å². The summed E-state index contributed by atoms with van der Waals surface area (Å²) in [5.74, 6) is 1.31. The van der Waals surface area contributed by atoms with Gasteiger partial charge < -0.3 is 9.62 Å². The minimum Gasteiger partial charge on any atom is -0.456 e. The second kappa shape index (κ2) is 5.97. The second-order valence-electron chi connectivity index (χ2n) is 4.52. The van der Waals surface area contributed by atoms with Gasteiger partial charge in [0.2, 0.25) is 0 Å². The van der Waals surface area contributed by atoms with E-state index in [-0.39, 0.29) is 0 Å². The van der Waals surface area contributed by atoms with Crippen molar-refractivity contribution in [2.45, 2.75) is 0 Å². The molecule has 0 aliphatic rings. The van der Waals surface area contributed by atoms with E-state index in [9.17, 15) is 0 Å². The SMILES string of the molecule is O/N=c1/cc(-c2ccccc2)oc(-c2ccc(Br)cc2)c1. The predicted molar refractivity (Wildman–Crippen MR) is 84.6 cm³/mol. The van der Waals surface area contributed by atoms with Crippen LogP contribution in [0.15, 0.2) is 80.8 Å². The van der Waals surface area contributed by atoms with Gasteiger partial charge >= 0.3 is 0 Å². The van der Waals surface area contributed by atoms with Crippen LogP contribution in [-0.4, -0.2) is 5.21 Å². The lowest BCUT2D eigenvalue weighted by Gasteiger charge is -2.06. The van der Waals surface area contributed by atoms with Crippen LogP contribution in [0.3, 0.4) is 0 Å². The molecule has 21 heavy (non-hydrogen) atoms. The molecule has 3 nitrogen and oxygen atoms in total. The summed E-state index contributed by atoms with van der Waals surface area (Å²) in [6.07, 6.45) is 0. The summed E-state index contributed by atoms with van der Waals surface area (Å²) >= 11 is 3.41. The molecule has 2 aromatic carbocycles. The van der Waals surface area contributed by atoms with Crippen LogP contribution in [-0.2, 0) is 0 Å². The van der Waals surface area contributed by atoms with Crippen molar-refractivity contribution < 1.29 is 9.62 Å². The molecule has 0 bridgehead atoms. The van der Waals surface area contributed by atoms with Gasteiger partial charge in [-0.15, -0.1) is 0 Å². The molecule has 1 heterocycles. The van der Waals surface area contributed by atoms with E-state index < -0.39 is 0 Å². The van der Waals surface area contributed by atoms with Gasteiger partial charge in [-0.2, -0.15) is 0 Å². The van der Waals surface area contributed by atoms with E-state index in [0.717, 1.165) is 15.6 Å². The monoisotopic (exact) mass is 341 g/mol. The van der Waals surface area contributed by atoms with Crippen molar-refractivity contribution in [1.82, 2.24) is 0 Å². The van der Waals surface area contributed by atoms with Crippen LogP contribution in [0.25, 0.3) is 22.6 Å². The van der Waals surface area contributed by atoms with E-state index in [1.54, 1.807) is 12.1 Å². The summed E-state index contributed by atoms with van der Waals surface area (Å²) in [6.45, 7) is 0. The molecule has 0 saturated heterocycles. The molecule has 4 heteroatoms. The molecule has 0 unspecified atom stereocenters. The Balaban J connectivity index is 2.16. The van der Waals surface area contributed by atoms with Crippen LogP contribution in [0.5, 0.6) is 0 Å². The van der Waals surface area contributed by atoms with Crippen LogP contribution in [0.2, 0.25) is 0 Å². The van der Waals surface area contributed by atoms with E-state index in [2.05, 4.69) is 21.1 Å². The summed E-state index contributed by atoms with van der Waals surface area (Å²) in [4.78, 5) is 0. The second-order valence-corrected chi connectivity index (χ2v) is 5.43. The molecular weight excluding hydrogens is 330 g/mol. The lowest BCUT2D eigenvalue weighted by Crippen LogP contribution is -2.01. The summed E-state index contributed by atoms with van der Waals surface area (Å²) in [7, 11) is 0. The van der Waals surface area contributed by atoms with Crippen molar-refractivity contribution in [3.63, 3.8) is 0 Å². The molecule has 0 atom stereocenters. The molecule has 0 spiro atoms. The molecule has 3 rings (SSSR count). The van der Waals surface area contributed by atoms with Gasteiger partial charge in [-0.1, -0.05) is 63.6 Å². The number of benzene rings is 2. The first kappa shape index (κ1) is 13.6. The van der Waals surface area contributed by atoms with Crippen molar-refractivity contribution in [3.8, 4) is 22.6 Å². The Labute approximate surface area is 130 Å². The highest BCUT2D eigenvalue weighted by atomic mass is 79.9. The third-order valence-electron chi connectivity index (χ3n) is 3.08. The van der Waals surface area contributed by atoms with E-state index in [4.69, 9.17) is 9.62 Å². The first-order chi connectivity index (χ1) is 10.3. The Kier molecular flexibility index (Phi) is 3.88. The van der Waals surface area contributed by atoms with Crippen LogP contribution in [0, 0.1) is 0 Å². The number of hydrogen-bond donors (Lipinski definition) is 1. The Morgan fingerprint density at radius 2 is 1.38 bits per heavy atom. The van der Waals surface area contributed by atoms with Crippen molar-refractivity contribution >= 4 is 15.9 Å². The average Bonchev–Trinajstić information content (AvgIpc) is 2.56. The number of nitrogens with zero attached hydrogens (tertiary/aromatic N) is 1. The molecule has 0 radical (unpaired) electrons. The summed E-state index contributed by atoms with van der Waals surface area (Å²) in [5, 5.41) is 12.8. The van der Waals surface area contributed by atoms with Crippen LogP contribution in [0.1, 0.15) is 0 Å². The molecular formula is C17H12BrNO2. The Morgan fingerprint density at radius 3 is 1.95 bits per heavy atom. The molecule has 0 aliphatic heterocycles. The molecule has 0 aliphatic carbocycles. The highest BCUT2D eigenvalue weighted by molar-refractivity contribution is 9.10. The maximum Gasteiger partial charge on any atom is 0.136 e. The fourth-order valence-corrected chi connectivity index (χ4v) is 2.31. The van der Waals surface area contributed by atoms with Gasteiger partial charge in [-0.3, -0.25) is 0 Å². The van der Waals surface area contributed by atoms with Crippen molar-refractivity contribution in [3.05, 3.63) is 76.6 Å². The number of rotatable bonds is 2. The van der Waals surface area contributed by atoms with Crippen molar-refractivity contribution in [1.29, 1.82) is 0 Å². The molecule has 104 valence electrons. The largest absolute Gasteiger partial charge is 0.456 e. The zero-order valence-corrected chi connectivity index (χ0v) is 12.6. The fourth-order valence-electron chi connectivity index (χ4n) is 2.05. The lowest BCUT2D eigenvalue weighted by atomic mass is 10.1. The van der Waals surface area contributed by atoms with Gasteiger partial charge in [0.15, 0.2) is 0 Å². The zero-order chi connectivity index (χ0) is 14.7. The highest BCUT2D eigenvalue weighted by Crippen LogP contribution is 2.25. The minimum atomic E-state index is 0.457. The molecule has 1 aromatic heterocycles. The van der Waals surface area contributed by atoms with Gasteiger partial charge in [0.1, 0.15) is 16.9 Å². The first-order valence-electron chi connectivity index (χ1n) is 6.41. The molecule has 1 N–H and O–H groups in total. The summed E-state index contributed by atoms with van der Waals surface area (Å²) < 4.78 is 6.94. The highest BCUT2D eigenvalue weighted by Gasteiger charge is 2.06. The number of hydrogen-bond acceptors (Lipinski definition) is 3. The van der Waals surface area contributed by atoms with Crippen LogP contribution in [0.4, 0.5) is 0 Å². The Bertz CT molecular complexity index is 808. The van der Waals surface area contributed by atoms with Crippen molar-refractivity contribution in [2.24, 2.45) is 5.16 Å². The average molecular weight is 342 g/mol. The van der Waals surface area contributed by atoms with E-state index >= 15 is 0 Å². The lowest BCUT2D eigenvalue weighted by molar-refractivity contribution is 0.301. The van der Waals surface area contributed by atoms with E-state index in [1.165, 1.54) is 0 Å². The van der Waals surface area contributed by atoms with Gasteiger partial charge in [0.25, 0.3) is 0 Å². The normalized spacial score (nSPS) is 11.6. The molecule has 0 amide bonds. The van der Waals surface area contributed by atoms with Crippen LogP contribution < -0.4 is 5.36 Å². The quantitative estimate of drug-likeness (QED) is 0.544. The first-order valence-corrected chi connectivity index (χ1v) is 7.20. The number of halogens is 1. The predicted octanol–water partition coefficient (Wildman–Crippen LogP) is 4.67. The van der Waals surface area contributed by atoms with Crippen LogP contribution >= 0.6 is 15.9 Å². The molecule has 3 aromatic rings. The fraction of sp³-hybridized carbons (Fsp3) is 0. The van der Waals surface area contributed by atoms with E-state index in [1.807, 2.05) is 54.6 Å². The Morgan fingerprint density at radius 1 is 0.810 bits per heavy atom. The van der Waals surface area contributed by atoms with E-state index in [0.29, 0.717) is 16.9 Å². The van der Waals surface area contributed by atoms with Gasteiger partial charge in [0.05, 0.1) is 0 Å². The Hall–Kier alpha value is -2.33. The summed E-state index contributed by atoms with van der Waals surface area (Å²) in [6, 6.07) is 20.9. The van der Waals surface area contributed by atoms with Gasteiger partial charge in [-0.05, 0) is 12.1 Å². The topological polar surface area (TPSA) is 45.7 Å². The third-order valence-corrected chi connectivity index (χ3v) is 3.61. The maximum absolute atomic E-state index is 9.10. The molecule has 0 fully saturated rings. The van der Waals surface area contributed by atoms with Crippen molar-refractivity contribution in [2.75, 3.05) is 0 Å². The standard InChI is InChI=1S/C17H12BrNO2/c18-14-8-6-13(7-9-14)17-11-15(19-20)10-16(21-17)12-4-2-1-3-5-12/h1-11,20H/b19-15-. The minimum absolute atomic E-state index is 0.457. The zero-order valence-electron chi connectivity index (χ0n) is 11.0.